The zero-order valence-corrected chi connectivity index (χ0v) is 12.0. The number of aryl methyl sites for hydroxylation is 1. The van der Waals surface area contributed by atoms with Gasteiger partial charge in [-0.1, -0.05) is 22.0 Å². The summed E-state index contributed by atoms with van der Waals surface area (Å²) in [6, 6.07) is 12.3. The molecule has 2 rings (SSSR count). The lowest BCUT2D eigenvalue weighted by Gasteiger charge is -2.09. The summed E-state index contributed by atoms with van der Waals surface area (Å²) in [5.74, 6) is -0.361. The van der Waals surface area contributed by atoms with Gasteiger partial charge in [-0.15, -0.1) is 0 Å². The summed E-state index contributed by atoms with van der Waals surface area (Å²) < 4.78 is 14.7. The Balaban J connectivity index is 2.10. The van der Waals surface area contributed by atoms with Gasteiger partial charge in [0, 0.05) is 22.3 Å². The molecule has 2 nitrogen and oxygen atoms in total. The normalized spacial score (nSPS) is 10.0. The molecule has 96 valence electrons. The topological polar surface area (TPSA) is 35.8 Å². The Labute approximate surface area is 120 Å². The Bertz CT molecular complexity index is 647. The minimum atomic E-state index is -0.361. The van der Waals surface area contributed by atoms with Gasteiger partial charge < -0.3 is 5.32 Å². The Morgan fingerprint density at radius 3 is 2.68 bits per heavy atom. The summed E-state index contributed by atoms with van der Waals surface area (Å²) in [4.78, 5) is 0. The summed E-state index contributed by atoms with van der Waals surface area (Å²) in [6.07, 6.45) is 0. The van der Waals surface area contributed by atoms with Crippen LogP contribution in [0.3, 0.4) is 0 Å². The lowest BCUT2D eigenvalue weighted by atomic mass is 10.1. The molecule has 0 aromatic heterocycles. The molecular formula is C15H12BrFN2. The molecule has 19 heavy (non-hydrogen) atoms. The molecule has 0 amide bonds. The average molecular weight is 319 g/mol. The van der Waals surface area contributed by atoms with Crippen LogP contribution < -0.4 is 5.32 Å². The molecule has 0 bridgehead atoms. The van der Waals surface area contributed by atoms with E-state index >= 15 is 0 Å². The van der Waals surface area contributed by atoms with Crippen molar-refractivity contribution in [3.8, 4) is 6.07 Å². The van der Waals surface area contributed by atoms with E-state index in [4.69, 9.17) is 5.26 Å². The van der Waals surface area contributed by atoms with Gasteiger partial charge in [0.05, 0.1) is 11.6 Å². The van der Waals surface area contributed by atoms with Gasteiger partial charge in [-0.3, -0.25) is 0 Å². The molecule has 0 aliphatic carbocycles. The van der Waals surface area contributed by atoms with Crippen LogP contribution in [-0.2, 0) is 6.54 Å². The number of rotatable bonds is 3. The molecule has 1 N–H and O–H groups in total. The van der Waals surface area contributed by atoms with E-state index < -0.39 is 0 Å². The fourth-order valence-electron chi connectivity index (χ4n) is 1.71. The summed E-state index contributed by atoms with van der Waals surface area (Å²) in [5, 5.41) is 11.8. The molecule has 4 heteroatoms. The van der Waals surface area contributed by atoms with Crippen molar-refractivity contribution in [1.29, 1.82) is 5.26 Å². The minimum Gasteiger partial charge on any atom is -0.381 e. The zero-order chi connectivity index (χ0) is 13.8. The van der Waals surface area contributed by atoms with Crippen molar-refractivity contribution < 1.29 is 4.39 Å². The molecule has 0 radical (unpaired) electrons. The number of hydrogen-bond donors (Lipinski definition) is 1. The van der Waals surface area contributed by atoms with Crippen molar-refractivity contribution in [2.45, 2.75) is 13.5 Å². The highest BCUT2D eigenvalue weighted by Gasteiger charge is 2.04. The first-order valence-corrected chi connectivity index (χ1v) is 6.58. The van der Waals surface area contributed by atoms with E-state index in [9.17, 15) is 4.39 Å². The van der Waals surface area contributed by atoms with Crippen molar-refractivity contribution in [2.24, 2.45) is 0 Å². The minimum absolute atomic E-state index is 0.334. The number of nitrogens with zero attached hydrogens (tertiary/aromatic N) is 1. The van der Waals surface area contributed by atoms with Crippen LogP contribution in [0.2, 0.25) is 0 Å². The third-order valence-corrected chi connectivity index (χ3v) is 3.71. The predicted octanol–water partition coefficient (Wildman–Crippen LogP) is 4.38. The van der Waals surface area contributed by atoms with Gasteiger partial charge in [-0.2, -0.15) is 5.26 Å². The second-order valence-corrected chi connectivity index (χ2v) is 5.09. The monoisotopic (exact) mass is 318 g/mol. The molecule has 0 saturated heterocycles. The Morgan fingerprint density at radius 2 is 2.05 bits per heavy atom. The quantitative estimate of drug-likeness (QED) is 0.911. The van der Waals surface area contributed by atoms with Crippen molar-refractivity contribution in [3.63, 3.8) is 0 Å². The molecule has 2 aromatic carbocycles. The summed E-state index contributed by atoms with van der Waals surface area (Å²) >= 11 is 3.43. The maximum absolute atomic E-state index is 13.7. The highest BCUT2D eigenvalue weighted by Crippen LogP contribution is 2.21. The van der Waals surface area contributed by atoms with Crippen LogP contribution in [0.25, 0.3) is 0 Å². The van der Waals surface area contributed by atoms with E-state index in [1.165, 1.54) is 6.07 Å². The molecule has 0 heterocycles. The van der Waals surface area contributed by atoms with Gasteiger partial charge in [0.1, 0.15) is 5.82 Å². The fourth-order valence-corrected chi connectivity index (χ4v) is 1.96. The third kappa shape index (κ3) is 3.33. The molecule has 0 unspecified atom stereocenters. The van der Waals surface area contributed by atoms with Crippen molar-refractivity contribution in [3.05, 3.63) is 63.4 Å². The first-order valence-electron chi connectivity index (χ1n) is 5.78. The third-order valence-electron chi connectivity index (χ3n) is 2.82. The van der Waals surface area contributed by atoms with E-state index in [-0.39, 0.29) is 5.82 Å². The van der Waals surface area contributed by atoms with E-state index in [0.717, 1.165) is 15.7 Å². The maximum Gasteiger partial charge on any atom is 0.129 e. The highest BCUT2D eigenvalue weighted by atomic mass is 79.9. The molecule has 0 fully saturated rings. The highest BCUT2D eigenvalue weighted by molar-refractivity contribution is 9.10. The number of nitrogens with one attached hydrogen (secondary N) is 1. The second kappa shape index (κ2) is 5.85. The molecule has 0 atom stereocenters. The standard InChI is InChI=1S/C15H12BrFN2/c1-10-6-13(4-5-14(10)16)19-9-12-3-2-11(8-18)7-15(12)17/h2-7,19H,9H2,1H3. The maximum atomic E-state index is 13.7. The zero-order valence-electron chi connectivity index (χ0n) is 10.4. The predicted molar refractivity (Wildman–Crippen MR) is 77.3 cm³/mol. The number of anilines is 1. The van der Waals surface area contributed by atoms with Gasteiger partial charge in [0.15, 0.2) is 0 Å². The van der Waals surface area contributed by atoms with E-state index in [1.54, 1.807) is 12.1 Å². The van der Waals surface area contributed by atoms with Crippen molar-refractivity contribution in [2.75, 3.05) is 5.32 Å². The largest absolute Gasteiger partial charge is 0.381 e. The van der Waals surface area contributed by atoms with Crippen LogP contribution in [0.4, 0.5) is 10.1 Å². The molecule has 0 spiro atoms. The molecule has 0 saturated carbocycles. The van der Waals surface area contributed by atoms with E-state index in [1.807, 2.05) is 31.2 Å². The summed E-state index contributed by atoms with van der Waals surface area (Å²) in [7, 11) is 0. The molecule has 2 aromatic rings. The van der Waals surface area contributed by atoms with E-state index in [2.05, 4.69) is 21.2 Å². The first kappa shape index (κ1) is 13.6. The van der Waals surface area contributed by atoms with Gasteiger partial charge in [-0.25, -0.2) is 4.39 Å². The number of halogens is 2. The Hall–Kier alpha value is -1.86. The number of benzene rings is 2. The van der Waals surface area contributed by atoms with Crippen LogP contribution in [0.15, 0.2) is 40.9 Å². The lowest BCUT2D eigenvalue weighted by Crippen LogP contribution is -2.02. The second-order valence-electron chi connectivity index (χ2n) is 4.24. The lowest BCUT2D eigenvalue weighted by molar-refractivity contribution is 0.612. The van der Waals surface area contributed by atoms with Gasteiger partial charge in [0.2, 0.25) is 0 Å². The van der Waals surface area contributed by atoms with Crippen LogP contribution in [0.1, 0.15) is 16.7 Å². The average Bonchev–Trinajstić information content (AvgIpc) is 2.41. The van der Waals surface area contributed by atoms with Gasteiger partial charge >= 0.3 is 0 Å². The van der Waals surface area contributed by atoms with Crippen LogP contribution in [0, 0.1) is 24.1 Å². The van der Waals surface area contributed by atoms with Crippen LogP contribution in [0.5, 0.6) is 0 Å². The SMILES string of the molecule is Cc1cc(NCc2ccc(C#N)cc2F)ccc1Br. The number of hydrogen-bond acceptors (Lipinski definition) is 2. The van der Waals surface area contributed by atoms with Gasteiger partial charge in [-0.05, 0) is 42.8 Å². The number of nitriles is 1. The van der Waals surface area contributed by atoms with Gasteiger partial charge in [0.25, 0.3) is 0 Å². The van der Waals surface area contributed by atoms with Crippen LogP contribution >= 0.6 is 15.9 Å². The van der Waals surface area contributed by atoms with Crippen LogP contribution in [-0.4, -0.2) is 0 Å². The summed E-state index contributed by atoms with van der Waals surface area (Å²) in [5.41, 5.74) is 2.93. The smallest absolute Gasteiger partial charge is 0.129 e. The molecule has 0 aliphatic heterocycles. The summed E-state index contributed by atoms with van der Waals surface area (Å²) in [6.45, 7) is 2.39. The molecule has 0 aliphatic rings. The molecular weight excluding hydrogens is 307 g/mol. The van der Waals surface area contributed by atoms with Crippen molar-refractivity contribution in [1.82, 2.24) is 0 Å². The Kier molecular flexibility index (Phi) is 4.18. The van der Waals surface area contributed by atoms with Crippen molar-refractivity contribution >= 4 is 21.6 Å². The fraction of sp³-hybridized carbons (Fsp3) is 0.133. The Morgan fingerprint density at radius 1 is 1.26 bits per heavy atom. The first-order chi connectivity index (χ1) is 9.10. The van der Waals surface area contributed by atoms with E-state index in [0.29, 0.717) is 17.7 Å².